The predicted molar refractivity (Wildman–Crippen MR) is 154 cm³/mol. The normalized spacial score (nSPS) is 11.5. The van der Waals surface area contributed by atoms with E-state index in [0.717, 1.165) is 0 Å². The van der Waals surface area contributed by atoms with E-state index >= 15 is 0 Å². The molecule has 0 saturated carbocycles. The molecule has 0 N–H and O–H groups in total. The van der Waals surface area contributed by atoms with Crippen molar-refractivity contribution < 1.29 is 0 Å². The molecule has 0 radical (unpaired) electrons. The van der Waals surface area contributed by atoms with E-state index in [9.17, 15) is 0 Å². The van der Waals surface area contributed by atoms with Gasteiger partial charge in [0.15, 0.2) is 0 Å². The molecule has 0 fully saturated rings. The SMILES string of the molecule is CCCCCCc1csc(-c2cc(CCCCCC)c(-c3sccc3CCCCCC)s2)c1. The molecule has 33 heavy (non-hydrogen) atoms. The number of thiophene rings is 3. The van der Waals surface area contributed by atoms with Gasteiger partial charge in [-0.3, -0.25) is 0 Å². The van der Waals surface area contributed by atoms with Gasteiger partial charge in [0.05, 0.1) is 0 Å². The topological polar surface area (TPSA) is 0 Å². The van der Waals surface area contributed by atoms with E-state index in [4.69, 9.17) is 0 Å². The summed E-state index contributed by atoms with van der Waals surface area (Å²) < 4.78 is 0. The van der Waals surface area contributed by atoms with Crippen molar-refractivity contribution in [3.63, 3.8) is 0 Å². The van der Waals surface area contributed by atoms with E-state index in [1.807, 2.05) is 22.7 Å². The van der Waals surface area contributed by atoms with Crippen LogP contribution in [0.1, 0.15) is 115 Å². The van der Waals surface area contributed by atoms with Gasteiger partial charge in [-0.25, -0.2) is 0 Å². The molecule has 3 heterocycles. The fourth-order valence-corrected chi connectivity index (χ4v) is 7.96. The smallest absolute Gasteiger partial charge is 0.0484 e. The molecule has 0 unspecified atom stereocenters. The molecule has 0 nitrogen and oxygen atoms in total. The fourth-order valence-electron chi connectivity index (χ4n) is 4.54. The molecule has 0 aliphatic heterocycles. The maximum absolute atomic E-state index is 2.54. The van der Waals surface area contributed by atoms with Crippen molar-refractivity contribution in [2.24, 2.45) is 0 Å². The Morgan fingerprint density at radius 1 is 0.576 bits per heavy atom. The first-order chi connectivity index (χ1) is 16.3. The van der Waals surface area contributed by atoms with Crippen LogP contribution in [0.5, 0.6) is 0 Å². The summed E-state index contributed by atoms with van der Waals surface area (Å²) in [6, 6.07) is 7.41. The summed E-state index contributed by atoms with van der Waals surface area (Å²) in [6.07, 6.45) is 19.8. The highest BCUT2D eigenvalue weighted by molar-refractivity contribution is 7.26. The van der Waals surface area contributed by atoms with Crippen LogP contribution in [0, 0.1) is 0 Å². The molecule has 0 aliphatic rings. The molecule has 3 rings (SSSR count). The quantitative estimate of drug-likeness (QED) is 0.162. The summed E-state index contributed by atoms with van der Waals surface area (Å²) in [6.45, 7) is 6.90. The Labute approximate surface area is 215 Å². The van der Waals surface area contributed by atoms with E-state index in [-0.39, 0.29) is 0 Å². The van der Waals surface area contributed by atoms with E-state index in [1.165, 1.54) is 106 Å². The third-order valence-corrected chi connectivity index (χ3v) is 10.0. The highest BCUT2D eigenvalue weighted by Gasteiger charge is 2.17. The molecule has 0 amide bonds. The Morgan fingerprint density at radius 3 is 1.88 bits per heavy atom. The Bertz CT molecular complexity index is 911. The van der Waals surface area contributed by atoms with Gasteiger partial charge in [-0.05, 0) is 84.2 Å². The number of rotatable bonds is 17. The second-order valence-electron chi connectivity index (χ2n) is 9.49. The van der Waals surface area contributed by atoms with Gasteiger partial charge in [-0.15, -0.1) is 34.0 Å². The molecule has 0 spiro atoms. The van der Waals surface area contributed by atoms with Crippen LogP contribution in [-0.4, -0.2) is 0 Å². The van der Waals surface area contributed by atoms with Gasteiger partial charge in [0, 0.05) is 19.5 Å². The zero-order valence-electron chi connectivity index (χ0n) is 21.2. The molecular formula is C30H44S3. The molecule has 182 valence electrons. The van der Waals surface area contributed by atoms with Gasteiger partial charge < -0.3 is 0 Å². The van der Waals surface area contributed by atoms with Crippen LogP contribution in [0.4, 0.5) is 0 Å². The molecule has 0 aliphatic carbocycles. The first-order valence-electron chi connectivity index (χ1n) is 13.5. The lowest BCUT2D eigenvalue weighted by Crippen LogP contribution is -1.89. The van der Waals surface area contributed by atoms with Crippen molar-refractivity contribution in [1.82, 2.24) is 0 Å². The van der Waals surface area contributed by atoms with Crippen molar-refractivity contribution in [2.45, 2.75) is 117 Å². The van der Waals surface area contributed by atoms with Crippen LogP contribution < -0.4 is 0 Å². The maximum atomic E-state index is 2.54. The summed E-state index contributed by atoms with van der Waals surface area (Å²) in [4.78, 5) is 6.10. The molecule has 0 atom stereocenters. The minimum atomic E-state index is 1.23. The Morgan fingerprint density at radius 2 is 1.21 bits per heavy atom. The second-order valence-corrected chi connectivity index (χ2v) is 12.4. The third kappa shape index (κ3) is 8.37. The molecule has 3 heteroatoms. The number of unbranched alkanes of at least 4 members (excludes halogenated alkanes) is 9. The van der Waals surface area contributed by atoms with Gasteiger partial charge >= 0.3 is 0 Å². The predicted octanol–water partition coefficient (Wildman–Crippen LogP) is 11.6. The lowest BCUT2D eigenvalue weighted by Gasteiger charge is -2.06. The third-order valence-electron chi connectivity index (χ3n) is 6.58. The summed E-state index contributed by atoms with van der Waals surface area (Å²) in [5.74, 6) is 0. The van der Waals surface area contributed by atoms with Gasteiger partial charge in [0.2, 0.25) is 0 Å². The van der Waals surface area contributed by atoms with Gasteiger partial charge in [0.25, 0.3) is 0 Å². The maximum Gasteiger partial charge on any atom is 0.0484 e. The minimum absolute atomic E-state index is 1.23. The van der Waals surface area contributed by atoms with E-state index < -0.39 is 0 Å². The largest absolute Gasteiger partial charge is 0.143 e. The lowest BCUT2D eigenvalue weighted by atomic mass is 10.0. The van der Waals surface area contributed by atoms with Crippen molar-refractivity contribution in [3.8, 4) is 19.5 Å². The number of hydrogen-bond donors (Lipinski definition) is 0. The van der Waals surface area contributed by atoms with Crippen molar-refractivity contribution in [3.05, 3.63) is 45.6 Å². The summed E-state index contributed by atoms with van der Waals surface area (Å²) in [5.41, 5.74) is 4.72. The summed E-state index contributed by atoms with van der Waals surface area (Å²) in [5, 5.41) is 4.73. The Hall–Kier alpha value is -0.900. The summed E-state index contributed by atoms with van der Waals surface area (Å²) >= 11 is 5.98. The Kier molecular flexibility index (Phi) is 12.3. The summed E-state index contributed by atoms with van der Waals surface area (Å²) in [7, 11) is 0. The molecular weight excluding hydrogens is 457 g/mol. The highest BCUT2D eigenvalue weighted by Crippen LogP contribution is 2.44. The standard InChI is InChI=1S/C30H44S3/c1-4-7-10-13-16-24-21-27(32-23-24)28-22-26(18-15-12-9-6-3)30(33-28)29-25(19-20-31-29)17-14-11-8-5-2/h19-23H,4-18H2,1-3H3. The zero-order chi connectivity index (χ0) is 23.3. The zero-order valence-corrected chi connectivity index (χ0v) is 23.7. The van der Waals surface area contributed by atoms with Crippen LogP contribution >= 0.6 is 34.0 Å². The van der Waals surface area contributed by atoms with Crippen LogP contribution in [0.15, 0.2) is 29.0 Å². The van der Waals surface area contributed by atoms with E-state index in [2.05, 4.69) is 61.1 Å². The van der Waals surface area contributed by atoms with Crippen molar-refractivity contribution in [2.75, 3.05) is 0 Å². The number of hydrogen-bond acceptors (Lipinski definition) is 3. The molecule has 0 bridgehead atoms. The first-order valence-corrected chi connectivity index (χ1v) is 16.1. The molecule has 0 saturated heterocycles. The fraction of sp³-hybridized carbons (Fsp3) is 0.600. The molecule has 0 aromatic carbocycles. The lowest BCUT2D eigenvalue weighted by molar-refractivity contribution is 0.666. The van der Waals surface area contributed by atoms with E-state index in [1.54, 1.807) is 26.4 Å². The van der Waals surface area contributed by atoms with Crippen molar-refractivity contribution in [1.29, 1.82) is 0 Å². The van der Waals surface area contributed by atoms with Crippen LogP contribution in [0.2, 0.25) is 0 Å². The number of aryl methyl sites for hydroxylation is 3. The average molecular weight is 501 g/mol. The minimum Gasteiger partial charge on any atom is -0.143 e. The monoisotopic (exact) mass is 500 g/mol. The van der Waals surface area contributed by atoms with Crippen LogP contribution in [0.25, 0.3) is 19.5 Å². The second kappa shape index (κ2) is 15.2. The highest BCUT2D eigenvalue weighted by atomic mass is 32.1. The van der Waals surface area contributed by atoms with Crippen LogP contribution in [0.3, 0.4) is 0 Å². The van der Waals surface area contributed by atoms with Gasteiger partial charge in [-0.2, -0.15) is 0 Å². The van der Waals surface area contributed by atoms with E-state index in [0.29, 0.717) is 0 Å². The van der Waals surface area contributed by atoms with Gasteiger partial charge in [0.1, 0.15) is 0 Å². The first kappa shape index (κ1) is 26.7. The Balaban J connectivity index is 1.77. The van der Waals surface area contributed by atoms with Crippen molar-refractivity contribution >= 4 is 34.0 Å². The average Bonchev–Trinajstić information content (AvgIpc) is 3.57. The molecule has 3 aromatic heterocycles. The van der Waals surface area contributed by atoms with Gasteiger partial charge in [-0.1, -0.05) is 78.6 Å². The van der Waals surface area contributed by atoms with Crippen LogP contribution in [-0.2, 0) is 19.3 Å². The molecule has 3 aromatic rings.